The molecule has 3 aromatic carbocycles. The van der Waals surface area contributed by atoms with Crippen LogP contribution in [0.4, 0.5) is 0 Å². The molecule has 0 aromatic heterocycles. The first-order valence-electron chi connectivity index (χ1n) is 11.2. The molecule has 3 aromatic rings. The lowest BCUT2D eigenvalue weighted by atomic mass is 10.0. The van der Waals surface area contributed by atoms with Crippen LogP contribution in [-0.4, -0.2) is 12.1 Å². The summed E-state index contributed by atoms with van der Waals surface area (Å²) in [7, 11) is -3.24. The predicted molar refractivity (Wildman–Crippen MR) is 138 cm³/mol. The van der Waals surface area contributed by atoms with Gasteiger partial charge in [0.25, 0.3) is 0 Å². The third-order valence-corrected chi connectivity index (χ3v) is 8.02. The number of aryl methyl sites for hydroxylation is 3. The van der Waals surface area contributed by atoms with E-state index in [-0.39, 0.29) is 0 Å². The normalized spacial score (nSPS) is 10.9. The molecule has 6 heteroatoms. The Morgan fingerprint density at radius 2 is 1.33 bits per heavy atom. The first kappa shape index (κ1) is 26.7. The minimum Gasteiger partial charge on any atom is -0.401 e. The van der Waals surface area contributed by atoms with Crippen molar-refractivity contribution in [3.8, 4) is 0 Å². The van der Waals surface area contributed by atoms with Crippen LogP contribution in [0, 0.1) is 20.8 Å². The maximum Gasteiger partial charge on any atom is 0.344 e. The van der Waals surface area contributed by atoms with Crippen molar-refractivity contribution < 1.29 is 18.4 Å². The van der Waals surface area contributed by atoms with Gasteiger partial charge in [-0.25, -0.2) is 4.79 Å². The molecule has 0 N–H and O–H groups in total. The van der Waals surface area contributed by atoms with E-state index in [9.17, 15) is 13.9 Å². The molecule has 0 heterocycles. The number of hydrogen-bond donors (Lipinski definition) is 0. The zero-order valence-electron chi connectivity index (χ0n) is 19.8. The van der Waals surface area contributed by atoms with E-state index >= 15 is 0 Å². The number of hydrogen-bond acceptors (Lipinski definition) is 4. The van der Waals surface area contributed by atoms with Gasteiger partial charge in [-0.05, 0) is 62.6 Å². The number of carbonyl (C=O) groups excluding carboxylic acids is 1. The largest absolute Gasteiger partial charge is 0.401 e. The molecule has 0 saturated carbocycles. The summed E-state index contributed by atoms with van der Waals surface area (Å²) in [5.74, 6) is -0.559. The lowest BCUT2D eigenvalue weighted by molar-refractivity contribution is 0.0745. The van der Waals surface area contributed by atoms with Gasteiger partial charge in [-0.2, -0.15) is 0 Å². The summed E-state index contributed by atoms with van der Waals surface area (Å²) in [6.45, 7) is 7.86. The van der Waals surface area contributed by atoms with E-state index < -0.39 is 13.3 Å². The molecule has 0 amide bonds. The van der Waals surface area contributed by atoms with Crippen molar-refractivity contribution >= 4 is 32.4 Å². The topological polar surface area (TPSA) is 60.4 Å². The minimum absolute atomic E-state index is 0.305. The van der Waals surface area contributed by atoms with Crippen molar-refractivity contribution in [3.05, 3.63) is 95.1 Å². The summed E-state index contributed by atoms with van der Waals surface area (Å²) in [5, 5.41) is 1.00. The van der Waals surface area contributed by atoms with Crippen LogP contribution >= 0.6 is 15.8 Å². The maximum absolute atomic E-state index is 13.8. The molecule has 0 spiro atoms. The summed E-state index contributed by atoms with van der Waals surface area (Å²) in [4.78, 5) is 13.0. The molecule has 0 aliphatic carbocycles. The molecule has 33 heavy (non-hydrogen) atoms. The Morgan fingerprint density at radius 1 is 0.848 bits per heavy atom. The predicted octanol–water partition coefficient (Wildman–Crippen LogP) is 7.17. The van der Waals surface area contributed by atoms with E-state index in [0.29, 0.717) is 24.6 Å². The number of benzene rings is 3. The highest BCUT2D eigenvalue weighted by Gasteiger charge is 2.33. The van der Waals surface area contributed by atoms with Crippen molar-refractivity contribution in [3.63, 3.8) is 0 Å². The molecule has 174 valence electrons. The fraction of sp³-hybridized carbons (Fsp3) is 0.296. The second kappa shape index (κ2) is 13.2. The van der Waals surface area contributed by atoms with Gasteiger partial charge in [0.05, 0.1) is 16.2 Å². The van der Waals surface area contributed by atoms with Gasteiger partial charge in [-0.15, -0.1) is 0 Å². The molecule has 4 nitrogen and oxygen atoms in total. The highest BCUT2D eigenvalue weighted by molar-refractivity contribution is 7.74. The molecule has 0 radical (unpaired) electrons. The third-order valence-electron chi connectivity index (χ3n) is 5.14. The van der Waals surface area contributed by atoms with Gasteiger partial charge in [0.2, 0.25) is 0 Å². The van der Waals surface area contributed by atoms with Crippen molar-refractivity contribution in [1.29, 1.82) is 0 Å². The minimum atomic E-state index is -3.55. The zero-order valence-corrected chi connectivity index (χ0v) is 21.6. The summed E-state index contributed by atoms with van der Waals surface area (Å²) in [6, 6.07) is 21.6. The van der Waals surface area contributed by atoms with Crippen LogP contribution in [-0.2, 0) is 13.7 Å². The van der Waals surface area contributed by atoms with E-state index in [1.165, 1.54) is 12.8 Å². The molecule has 0 bridgehead atoms. The quantitative estimate of drug-likeness (QED) is 0.252. The third kappa shape index (κ3) is 7.49. The van der Waals surface area contributed by atoms with Gasteiger partial charge in [0, 0.05) is 6.16 Å². The van der Waals surface area contributed by atoms with Gasteiger partial charge in [0.1, 0.15) is 0 Å². The maximum atomic E-state index is 13.8. The molecule has 3 rings (SSSR count). The van der Waals surface area contributed by atoms with Gasteiger partial charge in [-0.3, -0.25) is 9.13 Å². The Labute approximate surface area is 199 Å². The summed E-state index contributed by atoms with van der Waals surface area (Å²) in [6.07, 6.45) is 4.39. The van der Waals surface area contributed by atoms with Crippen LogP contribution in [0.15, 0.2) is 72.8 Å². The van der Waals surface area contributed by atoms with Crippen molar-refractivity contribution in [2.75, 3.05) is 6.16 Å². The monoisotopic (exact) mass is 482 g/mol. The Balaban J connectivity index is 0.000000479. The van der Waals surface area contributed by atoms with Crippen LogP contribution < -0.4 is 10.6 Å². The van der Waals surface area contributed by atoms with E-state index in [4.69, 9.17) is 4.52 Å². The number of unbranched alkanes of at least 4 members (excludes halogenated alkanes) is 2. The van der Waals surface area contributed by atoms with Gasteiger partial charge >= 0.3 is 13.3 Å². The molecular formula is C27H32O4P2. The lowest BCUT2D eigenvalue weighted by Crippen LogP contribution is -2.21. The van der Waals surface area contributed by atoms with Crippen LogP contribution in [0.3, 0.4) is 0 Å². The van der Waals surface area contributed by atoms with Crippen molar-refractivity contribution in [1.82, 2.24) is 0 Å². The summed E-state index contributed by atoms with van der Waals surface area (Å²) < 4.78 is 29.3. The molecule has 0 unspecified atom stereocenters. The fourth-order valence-electron chi connectivity index (χ4n) is 3.59. The Bertz CT molecular complexity index is 1030. The highest BCUT2D eigenvalue weighted by Crippen LogP contribution is 2.45. The van der Waals surface area contributed by atoms with Crippen LogP contribution in [0.2, 0.25) is 0 Å². The molecule has 0 atom stereocenters. The smallest absolute Gasteiger partial charge is 0.344 e. The van der Waals surface area contributed by atoms with Crippen LogP contribution in [0.1, 0.15) is 53.2 Å². The van der Waals surface area contributed by atoms with Crippen LogP contribution in [0.5, 0.6) is 0 Å². The van der Waals surface area contributed by atoms with E-state index in [0.717, 1.165) is 29.3 Å². The van der Waals surface area contributed by atoms with Crippen LogP contribution in [0.25, 0.3) is 0 Å². The highest BCUT2D eigenvalue weighted by atomic mass is 31.2. The Kier molecular flexibility index (Phi) is 10.7. The Morgan fingerprint density at radius 3 is 1.76 bits per heavy atom. The van der Waals surface area contributed by atoms with E-state index in [1.54, 1.807) is 48.5 Å². The van der Waals surface area contributed by atoms with Crippen molar-refractivity contribution in [2.24, 2.45) is 0 Å². The number of carbonyl (C=O) groups is 1. The zero-order chi connectivity index (χ0) is 24.3. The average Bonchev–Trinajstić information content (AvgIpc) is 2.80. The van der Waals surface area contributed by atoms with E-state index in [1.807, 2.05) is 45.0 Å². The van der Waals surface area contributed by atoms with Gasteiger partial charge in [0.15, 0.2) is 8.46 Å². The lowest BCUT2D eigenvalue weighted by Gasteiger charge is -2.20. The van der Waals surface area contributed by atoms with Gasteiger partial charge in [-0.1, -0.05) is 73.9 Å². The summed E-state index contributed by atoms with van der Waals surface area (Å²) >= 11 is 0. The van der Waals surface area contributed by atoms with Crippen molar-refractivity contribution in [2.45, 2.75) is 47.0 Å². The SMILES string of the molecule is CCCCCP=O.Cc1cc(C)c(C(=O)OP(=O)(c2ccccc2)c2ccccc2)c(C)c1. The average molecular weight is 482 g/mol. The standard InChI is InChI=1S/C22H21O3P.C5H11OP/c1-16-14-17(2)21(18(3)15-16)22(23)25-26(24,19-10-6-4-7-11-19)20-12-8-5-9-13-20;1-2-3-4-5-7-6/h4-15H,1-3H3;2-5H2,1H3. The second-order valence-electron chi connectivity index (χ2n) is 7.93. The molecule has 0 aliphatic heterocycles. The first-order valence-corrected chi connectivity index (χ1v) is 13.8. The molecule has 0 saturated heterocycles. The van der Waals surface area contributed by atoms with E-state index in [2.05, 4.69) is 6.92 Å². The fourth-order valence-corrected chi connectivity index (χ4v) is 5.91. The second-order valence-corrected chi connectivity index (χ2v) is 11.0. The molecular weight excluding hydrogens is 450 g/mol. The molecule has 0 aliphatic rings. The first-order chi connectivity index (χ1) is 15.8. The van der Waals surface area contributed by atoms with Gasteiger partial charge < -0.3 is 4.52 Å². The summed E-state index contributed by atoms with van der Waals surface area (Å²) in [5.41, 5.74) is 3.19. The number of rotatable bonds is 8. The molecule has 0 fully saturated rings. The Hall–Kier alpha value is -2.54.